The zero-order valence-electron chi connectivity index (χ0n) is 9.85. The van der Waals surface area contributed by atoms with Crippen LogP contribution >= 0.6 is 11.8 Å². The van der Waals surface area contributed by atoms with E-state index in [1.807, 2.05) is 0 Å². The van der Waals surface area contributed by atoms with Gasteiger partial charge < -0.3 is 5.11 Å². The van der Waals surface area contributed by atoms with Crippen LogP contribution in [0.4, 0.5) is 13.2 Å². The molecule has 102 valence electrons. The van der Waals surface area contributed by atoms with Gasteiger partial charge >= 0.3 is 6.18 Å². The van der Waals surface area contributed by atoms with Gasteiger partial charge in [0.1, 0.15) is 22.5 Å². The Bertz CT molecular complexity index is 680. The summed E-state index contributed by atoms with van der Waals surface area (Å²) in [6, 6.07) is 9.63. The first kappa shape index (κ1) is 14.2. The highest BCUT2D eigenvalue weighted by Gasteiger charge is 2.33. The average Bonchev–Trinajstić information content (AvgIpc) is 2.37. The van der Waals surface area contributed by atoms with Crippen molar-refractivity contribution in [2.24, 2.45) is 0 Å². The number of phenolic OH excluding ortho intramolecular Hbond substituents is 1. The zero-order valence-corrected chi connectivity index (χ0v) is 10.7. The number of rotatable bonds is 2. The molecule has 0 amide bonds. The first-order chi connectivity index (χ1) is 9.40. The second kappa shape index (κ2) is 5.43. The van der Waals surface area contributed by atoms with Crippen LogP contribution in [-0.2, 0) is 6.18 Å². The van der Waals surface area contributed by atoms with E-state index in [0.717, 1.165) is 23.9 Å². The summed E-state index contributed by atoms with van der Waals surface area (Å²) in [4.78, 5) is 3.97. The lowest BCUT2D eigenvalue weighted by Gasteiger charge is -2.09. The molecule has 0 aliphatic rings. The van der Waals surface area contributed by atoms with E-state index in [1.165, 1.54) is 12.1 Å². The molecule has 1 N–H and O–H groups in total. The number of aromatic hydroxyl groups is 1. The second-order valence-corrected chi connectivity index (χ2v) is 4.82. The molecule has 1 aromatic heterocycles. The number of hydrogen-bond donors (Lipinski definition) is 1. The minimum atomic E-state index is -4.57. The van der Waals surface area contributed by atoms with E-state index < -0.39 is 11.9 Å². The number of nitriles is 1. The molecule has 20 heavy (non-hydrogen) atoms. The fraction of sp³-hybridized carbons (Fsp3) is 0.0769. The van der Waals surface area contributed by atoms with Crippen LogP contribution in [-0.4, -0.2) is 10.1 Å². The fourth-order valence-electron chi connectivity index (χ4n) is 1.42. The number of phenols is 1. The number of benzene rings is 1. The highest BCUT2D eigenvalue weighted by Crippen LogP contribution is 2.34. The SMILES string of the molecule is N#Cc1ccc(C(F)(F)F)nc1Sc1cccc(O)c1. The van der Waals surface area contributed by atoms with Crippen LogP contribution in [0.25, 0.3) is 0 Å². The first-order valence-corrected chi connectivity index (χ1v) is 6.17. The third-order valence-electron chi connectivity index (χ3n) is 2.30. The maximum atomic E-state index is 12.6. The van der Waals surface area contributed by atoms with Crippen molar-refractivity contribution in [3.63, 3.8) is 0 Å². The monoisotopic (exact) mass is 296 g/mol. The van der Waals surface area contributed by atoms with E-state index >= 15 is 0 Å². The molecule has 1 heterocycles. The maximum absolute atomic E-state index is 12.6. The van der Waals surface area contributed by atoms with Crippen molar-refractivity contribution < 1.29 is 18.3 Å². The molecule has 0 radical (unpaired) electrons. The summed E-state index contributed by atoms with van der Waals surface area (Å²) >= 11 is 0.890. The normalized spacial score (nSPS) is 11.1. The Morgan fingerprint density at radius 2 is 1.95 bits per heavy atom. The van der Waals surface area contributed by atoms with E-state index in [-0.39, 0.29) is 16.3 Å². The van der Waals surface area contributed by atoms with Crippen LogP contribution in [0.1, 0.15) is 11.3 Å². The summed E-state index contributed by atoms with van der Waals surface area (Å²) in [5, 5.41) is 18.2. The molecule has 7 heteroatoms. The number of alkyl halides is 3. The Morgan fingerprint density at radius 1 is 1.20 bits per heavy atom. The molecule has 2 aromatic rings. The van der Waals surface area contributed by atoms with Crippen LogP contribution in [0.5, 0.6) is 5.75 Å². The molecule has 1 aromatic carbocycles. The molecule has 0 spiro atoms. The van der Waals surface area contributed by atoms with Crippen LogP contribution < -0.4 is 0 Å². The van der Waals surface area contributed by atoms with Crippen molar-refractivity contribution in [1.29, 1.82) is 5.26 Å². The molecular formula is C13H7F3N2OS. The molecule has 0 aliphatic heterocycles. The van der Waals surface area contributed by atoms with Gasteiger partial charge in [0.05, 0.1) is 5.56 Å². The molecule has 0 atom stereocenters. The van der Waals surface area contributed by atoms with Crippen LogP contribution in [0.2, 0.25) is 0 Å². The fourth-order valence-corrected chi connectivity index (χ4v) is 2.34. The Hall–Kier alpha value is -2.20. The number of aromatic nitrogens is 1. The molecule has 0 saturated heterocycles. The molecule has 0 fully saturated rings. The minimum Gasteiger partial charge on any atom is -0.508 e. The van der Waals surface area contributed by atoms with E-state index in [4.69, 9.17) is 5.26 Å². The molecule has 0 saturated carbocycles. The number of nitrogens with zero attached hydrogens (tertiary/aromatic N) is 2. The van der Waals surface area contributed by atoms with Crippen molar-refractivity contribution in [1.82, 2.24) is 4.98 Å². The lowest BCUT2D eigenvalue weighted by atomic mass is 10.2. The van der Waals surface area contributed by atoms with Gasteiger partial charge in [-0.25, -0.2) is 4.98 Å². The Balaban J connectivity index is 2.42. The summed E-state index contributed by atoms with van der Waals surface area (Å²) in [5.41, 5.74) is -1.01. The second-order valence-electron chi connectivity index (χ2n) is 3.76. The Labute approximate surface area is 116 Å². The molecule has 0 bridgehead atoms. The Morgan fingerprint density at radius 3 is 2.55 bits per heavy atom. The quantitative estimate of drug-likeness (QED) is 0.915. The van der Waals surface area contributed by atoms with Gasteiger partial charge in [-0.15, -0.1) is 0 Å². The van der Waals surface area contributed by atoms with E-state index in [2.05, 4.69) is 4.98 Å². The van der Waals surface area contributed by atoms with Crippen LogP contribution in [0.15, 0.2) is 46.3 Å². The summed E-state index contributed by atoms with van der Waals surface area (Å²) in [6.07, 6.45) is -4.57. The smallest absolute Gasteiger partial charge is 0.433 e. The van der Waals surface area contributed by atoms with Gasteiger partial charge in [-0.2, -0.15) is 18.4 Å². The van der Waals surface area contributed by atoms with Crippen molar-refractivity contribution in [3.8, 4) is 11.8 Å². The van der Waals surface area contributed by atoms with Gasteiger partial charge in [0, 0.05) is 4.90 Å². The largest absolute Gasteiger partial charge is 0.508 e. The van der Waals surface area contributed by atoms with Crippen molar-refractivity contribution >= 4 is 11.8 Å². The molecule has 2 rings (SSSR count). The zero-order chi connectivity index (χ0) is 14.8. The average molecular weight is 296 g/mol. The molecular weight excluding hydrogens is 289 g/mol. The van der Waals surface area contributed by atoms with Gasteiger partial charge in [0.15, 0.2) is 0 Å². The van der Waals surface area contributed by atoms with Gasteiger partial charge in [0.2, 0.25) is 0 Å². The number of pyridine rings is 1. The number of halogens is 3. The van der Waals surface area contributed by atoms with Crippen molar-refractivity contribution in [2.45, 2.75) is 16.1 Å². The van der Waals surface area contributed by atoms with Crippen molar-refractivity contribution in [3.05, 3.63) is 47.7 Å². The van der Waals surface area contributed by atoms with Crippen LogP contribution in [0, 0.1) is 11.3 Å². The van der Waals surface area contributed by atoms with Gasteiger partial charge in [-0.1, -0.05) is 17.8 Å². The predicted molar refractivity (Wildman–Crippen MR) is 66.2 cm³/mol. The first-order valence-electron chi connectivity index (χ1n) is 5.35. The molecule has 0 unspecified atom stereocenters. The van der Waals surface area contributed by atoms with E-state index in [0.29, 0.717) is 4.90 Å². The molecule has 3 nitrogen and oxygen atoms in total. The predicted octanol–water partition coefficient (Wildman–Crippen LogP) is 3.83. The highest BCUT2D eigenvalue weighted by atomic mass is 32.2. The summed E-state index contributed by atoms with van der Waals surface area (Å²) in [5.74, 6) is -0.0134. The van der Waals surface area contributed by atoms with Gasteiger partial charge in [-0.3, -0.25) is 0 Å². The maximum Gasteiger partial charge on any atom is 0.433 e. The third-order valence-corrected chi connectivity index (χ3v) is 3.30. The van der Waals surface area contributed by atoms with Gasteiger partial charge in [-0.05, 0) is 30.3 Å². The van der Waals surface area contributed by atoms with Gasteiger partial charge in [0.25, 0.3) is 0 Å². The summed E-state index contributed by atoms with van der Waals surface area (Å²) < 4.78 is 37.8. The topological polar surface area (TPSA) is 56.9 Å². The standard InChI is InChI=1S/C13H7F3N2OS/c14-13(15,16)11-5-4-8(7-17)12(18-11)20-10-3-1-2-9(19)6-10/h1-6,19H. The van der Waals surface area contributed by atoms with Crippen LogP contribution in [0.3, 0.4) is 0 Å². The number of hydrogen-bond acceptors (Lipinski definition) is 4. The summed E-state index contributed by atoms with van der Waals surface area (Å²) in [7, 11) is 0. The lowest BCUT2D eigenvalue weighted by Crippen LogP contribution is -2.08. The van der Waals surface area contributed by atoms with E-state index in [9.17, 15) is 18.3 Å². The third kappa shape index (κ3) is 3.22. The molecule has 0 aliphatic carbocycles. The highest BCUT2D eigenvalue weighted by molar-refractivity contribution is 7.99. The summed E-state index contributed by atoms with van der Waals surface area (Å²) in [6.45, 7) is 0. The van der Waals surface area contributed by atoms with E-state index in [1.54, 1.807) is 18.2 Å². The minimum absolute atomic E-state index is 0.0134. The lowest BCUT2D eigenvalue weighted by molar-refractivity contribution is -0.141. The van der Waals surface area contributed by atoms with Crippen molar-refractivity contribution in [2.75, 3.05) is 0 Å². The Kier molecular flexibility index (Phi) is 3.86.